The average molecular weight is 290 g/mol. The fraction of sp³-hybridized carbons (Fsp3) is 0.933. The summed E-state index contributed by atoms with van der Waals surface area (Å²) >= 11 is 0. The molecule has 0 aliphatic heterocycles. The fourth-order valence-corrected chi connectivity index (χ4v) is 1.49. The predicted molar refractivity (Wildman–Crippen MR) is 78.0 cm³/mol. The summed E-state index contributed by atoms with van der Waals surface area (Å²) in [4.78, 5) is 11.2. The van der Waals surface area contributed by atoms with E-state index in [2.05, 4.69) is 13.8 Å². The average Bonchev–Trinajstić information content (AvgIpc) is 2.45. The van der Waals surface area contributed by atoms with Crippen LogP contribution in [0, 0.1) is 0 Å². The number of ether oxygens (including phenoxy) is 4. The van der Waals surface area contributed by atoms with Crippen LogP contribution >= 0.6 is 0 Å². The third kappa shape index (κ3) is 15.2. The van der Waals surface area contributed by atoms with Crippen molar-refractivity contribution in [3.8, 4) is 0 Å². The van der Waals surface area contributed by atoms with E-state index in [0.717, 1.165) is 25.9 Å². The van der Waals surface area contributed by atoms with Crippen LogP contribution in [0.2, 0.25) is 0 Å². The molecular weight excluding hydrogens is 260 g/mol. The van der Waals surface area contributed by atoms with E-state index in [1.165, 1.54) is 19.3 Å². The van der Waals surface area contributed by atoms with Gasteiger partial charge >= 0.3 is 6.16 Å². The molecule has 0 spiro atoms. The Hall–Kier alpha value is -0.810. The van der Waals surface area contributed by atoms with E-state index in [-0.39, 0.29) is 13.2 Å². The van der Waals surface area contributed by atoms with Gasteiger partial charge in [-0.3, -0.25) is 0 Å². The quantitative estimate of drug-likeness (QED) is 0.362. The SMILES string of the molecule is CCCCCCOCCOC(=O)OCCOCCCC. The van der Waals surface area contributed by atoms with E-state index < -0.39 is 6.16 Å². The molecule has 0 saturated carbocycles. The predicted octanol–water partition coefficient (Wildman–Crippen LogP) is 3.55. The van der Waals surface area contributed by atoms with E-state index in [0.29, 0.717) is 19.8 Å². The Morgan fingerprint density at radius 3 is 1.75 bits per heavy atom. The minimum Gasteiger partial charge on any atom is -0.432 e. The highest BCUT2D eigenvalue weighted by molar-refractivity contribution is 5.59. The van der Waals surface area contributed by atoms with Gasteiger partial charge in [-0.15, -0.1) is 0 Å². The molecule has 120 valence electrons. The monoisotopic (exact) mass is 290 g/mol. The second-order valence-corrected chi connectivity index (χ2v) is 4.59. The van der Waals surface area contributed by atoms with Gasteiger partial charge in [0.15, 0.2) is 0 Å². The Morgan fingerprint density at radius 1 is 0.650 bits per heavy atom. The second kappa shape index (κ2) is 16.2. The van der Waals surface area contributed by atoms with Crippen LogP contribution < -0.4 is 0 Å². The van der Waals surface area contributed by atoms with Gasteiger partial charge in [-0.05, 0) is 12.8 Å². The lowest BCUT2D eigenvalue weighted by Crippen LogP contribution is -2.15. The molecule has 0 bridgehead atoms. The molecule has 20 heavy (non-hydrogen) atoms. The van der Waals surface area contributed by atoms with E-state index in [1.54, 1.807) is 0 Å². The number of hydrogen-bond acceptors (Lipinski definition) is 5. The van der Waals surface area contributed by atoms with Gasteiger partial charge in [0.1, 0.15) is 13.2 Å². The highest BCUT2D eigenvalue weighted by Crippen LogP contribution is 1.98. The van der Waals surface area contributed by atoms with Gasteiger partial charge in [-0.2, -0.15) is 0 Å². The van der Waals surface area contributed by atoms with E-state index in [1.807, 2.05) is 0 Å². The van der Waals surface area contributed by atoms with Crippen LogP contribution in [0.1, 0.15) is 52.4 Å². The zero-order valence-corrected chi connectivity index (χ0v) is 13.0. The first-order valence-electron chi connectivity index (χ1n) is 7.76. The lowest BCUT2D eigenvalue weighted by atomic mass is 10.2. The molecule has 0 aliphatic rings. The molecule has 0 unspecified atom stereocenters. The molecular formula is C15H30O5. The lowest BCUT2D eigenvalue weighted by Gasteiger charge is -2.07. The van der Waals surface area contributed by atoms with Crippen molar-refractivity contribution < 1.29 is 23.7 Å². The molecule has 0 radical (unpaired) electrons. The van der Waals surface area contributed by atoms with Gasteiger partial charge in [0.05, 0.1) is 13.2 Å². The smallest absolute Gasteiger partial charge is 0.432 e. The number of carbonyl (C=O) groups is 1. The Labute approximate surface area is 122 Å². The number of hydrogen-bond donors (Lipinski definition) is 0. The number of unbranched alkanes of at least 4 members (excludes halogenated alkanes) is 4. The zero-order chi connectivity index (χ0) is 14.9. The molecule has 0 aromatic carbocycles. The van der Waals surface area contributed by atoms with Crippen molar-refractivity contribution in [3.63, 3.8) is 0 Å². The third-order valence-electron chi connectivity index (χ3n) is 2.68. The van der Waals surface area contributed by atoms with Crippen LogP contribution in [0.25, 0.3) is 0 Å². The van der Waals surface area contributed by atoms with Crippen LogP contribution in [-0.2, 0) is 18.9 Å². The minimum absolute atomic E-state index is 0.237. The first-order valence-corrected chi connectivity index (χ1v) is 7.76. The summed E-state index contributed by atoms with van der Waals surface area (Å²) in [5.74, 6) is 0. The van der Waals surface area contributed by atoms with Crippen molar-refractivity contribution in [3.05, 3.63) is 0 Å². The van der Waals surface area contributed by atoms with Crippen LogP contribution in [0.5, 0.6) is 0 Å². The molecule has 0 amide bonds. The summed E-state index contributed by atoms with van der Waals surface area (Å²) in [5.41, 5.74) is 0. The van der Waals surface area contributed by atoms with Gasteiger partial charge in [0.2, 0.25) is 0 Å². The molecule has 0 fully saturated rings. The Morgan fingerprint density at radius 2 is 1.20 bits per heavy atom. The second-order valence-electron chi connectivity index (χ2n) is 4.59. The molecule has 5 heteroatoms. The molecule has 5 nitrogen and oxygen atoms in total. The third-order valence-corrected chi connectivity index (χ3v) is 2.68. The zero-order valence-electron chi connectivity index (χ0n) is 13.0. The molecule has 0 rings (SSSR count). The first kappa shape index (κ1) is 19.2. The maximum Gasteiger partial charge on any atom is 0.508 e. The Kier molecular flexibility index (Phi) is 15.6. The van der Waals surface area contributed by atoms with Gasteiger partial charge < -0.3 is 18.9 Å². The summed E-state index contributed by atoms with van der Waals surface area (Å²) < 4.78 is 20.3. The van der Waals surface area contributed by atoms with E-state index in [9.17, 15) is 4.79 Å². The number of carbonyl (C=O) groups excluding carboxylic acids is 1. The summed E-state index contributed by atoms with van der Waals surface area (Å²) in [6.45, 7) is 7.03. The highest BCUT2D eigenvalue weighted by atomic mass is 16.7. The van der Waals surface area contributed by atoms with Gasteiger partial charge in [-0.1, -0.05) is 39.5 Å². The van der Waals surface area contributed by atoms with Crippen LogP contribution in [0.4, 0.5) is 4.79 Å². The van der Waals surface area contributed by atoms with Crippen molar-refractivity contribution in [1.29, 1.82) is 0 Å². The molecule has 0 atom stereocenters. The summed E-state index contributed by atoms with van der Waals surface area (Å²) in [6.07, 6.45) is 6.19. The highest BCUT2D eigenvalue weighted by Gasteiger charge is 2.02. The summed E-state index contributed by atoms with van der Waals surface area (Å²) in [5, 5.41) is 0. The maximum atomic E-state index is 11.2. The van der Waals surface area contributed by atoms with Gasteiger partial charge in [-0.25, -0.2) is 4.79 Å². The van der Waals surface area contributed by atoms with Crippen LogP contribution in [0.15, 0.2) is 0 Å². The minimum atomic E-state index is -0.654. The topological polar surface area (TPSA) is 54.0 Å². The van der Waals surface area contributed by atoms with Crippen LogP contribution in [-0.4, -0.2) is 45.8 Å². The fourth-order valence-electron chi connectivity index (χ4n) is 1.49. The molecule has 0 aromatic rings. The maximum absolute atomic E-state index is 11.2. The van der Waals surface area contributed by atoms with Gasteiger partial charge in [0, 0.05) is 13.2 Å². The largest absolute Gasteiger partial charge is 0.508 e. The standard InChI is InChI=1S/C15H30O5/c1-3-5-7-8-10-18-12-14-20-15(16)19-13-11-17-9-6-4-2/h3-14H2,1-2H3. The van der Waals surface area contributed by atoms with Crippen molar-refractivity contribution in [2.24, 2.45) is 0 Å². The van der Waals surface area contributed by atoms with Crippen molar-refractivity contribution >= 4 is 6.16 Å². The lowest BCUT2D eigenvalue weighted by molar-refractivity contribution is 0.0103. The van der Waals surface area contributed by atoms with E-state index >= 15 is 0 Å². The Bertz CT molecular complexity index is 208. The number of rotatable bonds is 14. The van der Waals surface area contributed by atoms with Crippen LogP contribution in [0.3, 0.4) is 0 Å². The normalized spacial score (nSPS) is 10.5. The van der Waals surface area contributed by atoms with Crippen molar-refractivity contribution in [1.82, 2.24) is 0 Å². The van der Waals surface area contributed by atoms with E-state index in [4.69, 9.17) is 18.9 Å². The summed E-state index contributed by atoms with van der Waals surface area (Å²) in [6, 6.07) is 0. The van der Waals surface area contributed by atoms with Gasteiger partial charge in [0.25, 0.3) is 0 Å². The molecule has 0 N–H and O–H groups in total. The molecule has 0 aromatic heterocycles. The molecule has 0 heterocycles. The molecule has 0 saturated heterocycles. The first-order chi connectivity index (χ1) is 9.81. The Balaban J connectivity index is 3.12. The van der Waals surface area contributed by atoms with Crippen molar-refractivity contribution in [2.75, 3.05) is 39.6 Å². The summed E-state index contributed by atoms with van der Waals surface area (Å²) in [7, 11) is 0. The van der Waals surface area contributed by atoms with Crippen molar-refractivity contribution in [2.45, 2.75) is 52.4 Å². The molecule has 0 aliphatic carbocycles.